The first-order valence-corrected chi connectivity index (χ1v) is 29.7. The molecule has 2 aliphatic heterocycles. The van der Waals surface area contributed by atoms with Gasteiger partial charge in [0.2, 0.25) is 23.6 Å². The first kappa shape index (κ1) is 54.4. The van der Waals surface area contributed by atoms with Crippen LogP contribution in [0.1, 0.15) is 148 Å². The number of halogens is 1. The van der Waals surface area contributed by atoms with E-state index in [1.807, 2.05) is 70.6 Å². The predicted octanol–water partition coefficient (Wildman–Crippen LogP) is 9.42. The van der Waals surface area contributed by atoms with Gasteiger partial charge in [0.05, 0.1) is 70.0 Å². The molecule has 12 rings (SSSR count). The Morgan fingerprint density at radius 1 is 1.06 bits per heavy atom. The number of nitrogen functional groups attached to an aromatic ring is 1. The second-order valence-electron chi connectivity index (χ2n) is 23.9. The first-order valence-electron chi connectivity index (χ1n) is 28.0. The number of amides is 2. The summed E-state index contributed by atoms with van der Waals surface area (Å²) < 4.78 is 35.0. The number of carbonyl (C=O) groups is 2. The van der Waals surface area contributed by atoms with E-state index < -0.39 is 34.8 Å². The third-order valence-electron chi connectivity index (χ3n) is 17.2. The highest BCUT2D eigenvalue weighted by Gasteiger charge is 2.50. The lowest BCUT2D eigenvalue weighted by atomic mass is 9.63. The lowest BCUT2D eigenvalue weighted by Gasteiger charge is -2.39. The van der Waals surface area contributed by atoms with Gasteiger partial charge in [-0.2, -0.15) is 15.2 Å². The molecule has 5 atom stereocenters. The number of β-amino-alcohol motifs (C(OH)–C–C–N with tert-alkyl or cyclic N) is 1. The number of anilines is 1. The maximum absolute atomic E-state index is 14.7. The molecule has 1 spiro atoms. The SMILES string of the molecule is Cc1ncsc1-c1ccc([C@H](C)NC(=O)[C@@H]2C[C@@H](O)CN2C(=O)[C@@H](n2cc(C3CCN(CC4(COc5cc(Oc6cncc(F)c6)nc(-c6noc7c6CCC[C@@]76CCCc7sc(N)c(C#N)c76)n5)CC4)CC3)nn2)C(C)(C)C)cc1. The number of hydrogen-bond acceptors (Lipinski definition) is 18. The minimum Gasteiger partial charge on any atom is -0.477 e. The van der Waals surface area contributed by atoms with E-state index in [2.05, 4.69) is 41.7 Å². The van der Waals surface area contributed by atoms with Crippen LogP contribution in [0, 0.1) is 34.9 Å². The number of likely N-dealkylation sites (tertiary alicyclic amines) is 2. The van der Waals surface area contributed by atoms with Gasteiger partial charge in [-0.05, 0) is 113 Å². The van der Waals surface area contributed by atoms with Gasteiger partial charge in [0.25, 0.3) is 0 Å². The Labute approximate surface area is 477 Å². The van der Waals surface area contributed by atoms with E-state index >= 15 is 0 Å². The molecule has 422 valence electrons. The van der Waals surface area contributed by atoms with Crippen molar-refractivity contribution in [1.29, 1.82) is 5.26 Å². The number of nitriles is 1. The van der Waals surface area contributed by atoms with Gasteiger partial charge >= 0.3 is 0 Å². The molecular formula is C59H66FN13O6S2. The maximum atomic E-state index is 14.7. The highest BCUT2D eigenvalue weighted by Crippen LogP contribution is 2.55. The standard InChI is InChI=1S/C59H66FN13O6S2/c1-33(35-10-12-37(13-11-35)50-34(2)64-32-80-50)65-55(75)44-23-39(74)28-72(44)56(76)51(57(3,4)5)73-29-43(68-70-73)36-14-20-71(21-15-36)30-58(18-19-58)31-77-46-24-47(78-40-22-38(60)26-63-27-40)67-54(66-46)49-41-8-6-16-59(52(41)79-69-49)17-7-9-45-48(59)42(25-61)53(62)81-45/h10-13,22,24,26-27,29,32-33,36,39,44,51,74H,6-9,14-21,23,28,30-31,62H2,1-5H3,(H,65,75)/t33-,39+,44-,51+,59-/m0/s1. The largest absolute Gasteiger partial charge is 0.477 e. The van der Waals surface area contributed by atoms with Crippen LogP contribution in [-0.4, -0.2) is 112 Å². The number of rotatable bonds is 15. The zero-order valence-electron chi connectivity index (χ0n) is 46.2. The summed E-state index contributed by atoms with van der Waals surface area (Å²) >= 11 is 3.08. The smallest absolute Gasteiger partial charge is 0.248 e. The molecule has 2 amide bonds. The molecule has 1 saturated carbocycles. The molecule has 8 heterocycles. The van der Waals surface area contributed by atoms with Crippen molar-refractivity contribution in [2.75, 3.05) is 38.5 Å². The van der Waals surface area contributed by atoms with E-state index in [1.165, 1.54) is 28.5 Å². The quantitative estimate of drug-likeness (QED) is 0.0864. The molecule has 22 heteroatoms. The van der Waals surface area contributed by atoms with Gasteiger partial charge in [-0.25, -0.2) is 14.1 Å². The van der Waals surface area contributed by atoms with Gasteiger partial charge in [-0.3, -0.25) is 14.6 Å². The number of nitrogens with zero attached hydrogens (tertiary/aromatic N) is 11. The summed E-state index contributed by atoms with van der Waals surface area (Å²) in [7, 11) is 0. The van der Waals surface area contributed by atoms with Crippen LogP contribution in [0.3, 0.4) is 0 Å². The number of piperidine rings is 1. The van der Waals surface area contributed by atoms with Gasteiger partial charge in [-0.15, -0.1) is 27.8 Å². The molecule has 6 aromatic heterocycles. The number of ether oxygens (including phenoxy) is 2. The lowest BCUT2D eigenvalue weighted by Crippen LogP contribution is -2.50. The third kappa shape index (κ3) is 10.7. The van der Waals surface area contributed by atoms with Crippen molar-refractivity contribution >= 4 is 39.5 Å². The summed E-state index contributed by atoms with van der Waals surface area (Å²) in [5.41, 5.74) is 13.7. The van der Waals surface area contributed by atoms with Crippen molar-refractivity contribution in [2.45, 2.75) is 141 Å². The molecule has 5 aliphatic rings. The van der Waals surface area contributed by atoms with Crippen LogP contribution in [0.4, 0.5) is 9.39 Å². The van der Waals surface area contributed by atoms with E-state index in [4.69, 9.17) is 29.7 Å². The Bertz CT molecular complexity index is 3530. The normalized spacial score (nSPS) is 21.5. The van der Waals surface area contributed by atoms with Crippen LogP contribution in [0.25, 0.3) is 22.0 Å². The number of thiophene rings is 1. The van der Waals surface area contributed by atoms with E-state index in [9.17, 15) is 24.3 Å². The Morgan fingerprint density at radius 2 is 1.83 bits per heavy atom. The van der Waals surface area contributed by atoms with Crippen molar-refractivity contribution in [3.63, 3.8) is 0 Å². The fourth-order valence-electron chi connectivity index (χ4n) is 12.9. The molecular weight excluding hydrogens is 1070 g/mol. The van der Waals surface area contributed by atoms with Crippen molar-refractivity contribution in [1.82, 2.24) is 55.2 Å². The number of pyridine rings is 1. The summed E-state index contributed by atoms with van der Waals surface area (Å²) in [6.45, 7) is 12.8. The Morgan fingerprint density at radius 3 is 2.54 bits per heavy atom. The minimum atomic E-state index is -0.849. The Kier molecular flexibility index (Phi) is 14.5. The number of carbonyl (C=O) groups excluding carboxylic acids is 2. The van der Waals surface area contributed by atoms with Gasteiger partial charge in [-0.1, -0.05) is 55.4 Å². The van der Waals surface area contributed by atoms with Crippen LogP contribution in [-0.2, 0) is 27.8 Å². The zero-order valence-corrected chi connectivity index (χ0v) is 47.8. The molecule has 4 N–H and O–H groups in total. The lowest BCUT2D eigenvalue weighted by molar-refractivity contribution is -0.144. The molecule has 0 bridgehead atoms. The molecule has 7 aromatic rings. The fourth-order valence-corrected chi connectivity index (χ4v) is 14.8. The average molecular weight is 1140 g/mol. The Hall–Kier alpha value is -7.19. The number of hydrogen-bond donors (Lipinski definition) is 3. The van der Waals surface area contributed by atoms with E-state index in [-0.39, 0.29) is 65.5 Å². The molecule has 0 radical (unpaired) electrons. The molecule has 81 heavy (non-hydrogen) atoms. The van der Waals surface area contributed by atoms with E-state index in [1.54, 1.807) is 22.1 Å². The molecule has 3 fully saturated rings. The number of aryl methyl sites for hydroxylation is 2. The van der Waals surface area contributed by atoms with Crippen molar-refractivity contribution in [3.05, 3.63) is 111 Å². The number of aliphatic hydroxyl groups is 1. The average Bonchev–Trinajstić information content (AvgIpc) is 4.11. The maximum Gasteiger partial charge on any atom is 0.248 e. The monoisotopic (exact) mass is 1140 g/mol. The van der Waals surface area contributed by atoms with Crippen molar-refractivity contribution < 1.29 is 33.1 Å². The first-order chi connectivity index (χ1) is 39.0. The van der Waals surface area contributed by atoms with E-state index in [0.29, 0.717) is 29.3 Å². The van der Waals surface area contributed by atoms with E-state index in [0.717, 1.165) is 133 Å². The molecule has 0 unspecified atom stereocenters. The number of thiazole rings is 1. The number of nitrogens with two attached hydrogens (primary N) is 1. The topological polar surface area (TPSA) is 249 Å². The highest BCUT2D eigenvalue weighted by molar-refractivity contribution is 7.16. The number of nitrogens with one attached hydrogen (secondary N) is 1. The second kappa shape index (κ2) is 21.6. The van der Waals surface area contributed by atoms with Crippen molar-refractivity contribution in [2.24, 2.45) is 10.8 Å². The highest BCUT2D eigenvalue weighted by atomic mass is 32.1. The molecule has 3 aliphatic carbocycles. The summed E-state index contributed by atoms with van der Waals surface area (Å²) in [6, 6.07) is 11.3. The van der Waals surface area contributed by atoms with Crippen LogP contribution in [0.15, 0.2) is 65.0 Å². The summed E-state index contributed by atoms with van der Waals surface area (Å²) in [5, 5.41) is 38.6. The van der Waals surface area contributed by atoms with Crippen LogP contribution in [0.5, 0.6) is 17.5 Å². The predicted molar refractivity (Wildman–Crippen MR) is 301 cm³/mol. The summed E-state index contributed by atoms with van der Waals surface area (Å²) in [5.74, 6) is 0.548. The second-order valence-corrected chi connectivity index (χ2v) is 25.9. The summed E-state index contributed by atoms with van der Waals surface area (Å²) in [6.07, 6.45) is 12.3. The molecule has 2 saturated heterocycles. The number of aromatic nitrogens is 8. The number of fused-ring (bicyclic) bond motifs is 4. The van der Waals surface area contributed by atoms with Gasteiger partial charge in [0.15, 0.2) is 23.0 Å². The third-order valence-corrected chi connectivity index (χ3v) is 19.2. The molecule has 1 aromatic carbocycles. The van der Waals surface area contributed by atoms with Crippen molar-refractivity contribution in [3.8, 4) is 45.5 Å². The van der Waals surface area contributed by atoms with Crippen LogP contribution in [0.2, 0.25) is 0 Å². The van der Waals surface area contributed by atoms with Crippen LogP contribution >= 0.6 is 22.7 Å². The van der Waals surface area contributed by atoms with Gasteiger partial charge < -0.3 is 40.0 Å². The minimum absolute atomic E-state index is 0.0442. The number of aliphatic hydroxyl groups excluding tert-OH is 1. The Balaban J connectivity index is 0.700. The van der Waals surface area contributed by atoms with Gasteiger partial charge in [0, 0.05) is 53.5 Å². The van der Waals surface area contributed by atoms with Gasteiger partial charge in [0.1, 0.15) is 29.0 Å². The molecule has 19 nitrogen and oxygen atoms in total. The zero-order chi connectivity index (χ0) is 56.4. The fraction of sp³-hybridized carbons (Fsp3) is 0.492. The number of benzene rings is 1. The summed E-state index contributed by atoms with van der Waals surface area (Å²) in [4.78, 5) is 52.9. The van der Waals surface area contributed by atoms with Crippen LogP contribution < -0.4 is 20.5 Å².